The van der Waals surface area contributed by atoms with Crippen LogP contribution in [0, 0.1) is 0 Å². The molecule has 1 atom stereocenters. The maximum absolute atomic E-state index is 6.07. The number of thiophene rings is 1. The van der Waals surface area contributed by atoms with Gasteiger partial charge >= 0.3 is 0 Å². The van der Waals surface area contributed by atoms with Crippen LogP contribution in [0.25, 0.3) is 0 Å². The lowest BCUT2D eigenvalue weighted by atomic mass is 10.1. The second-order valence-electron chi connectivity index (χ2n) is 3.11. The molecule has 0 spiro atoms. The summed E-state index contributed by atoms with van der Waals surface area (Å²) in [5.41, 5.74) is 3.39. The van der Waals surface area contributed by atoms with Gasteiger partial charge in [0.2, 0.25) is 0 Å². The highest BCUT2D eigenvalue weighted by molar-refractivity contribution is 7.16. The number of hydrogen-bond acceptors (Lipinski definition) is 4. The topological polar surface area (TPSA) is 50.9 Å². The van der Waals surface area contributed by atoms with Crippen molar-refractivity contribution in [1.82, 2.24) is 10.4 Å². The van der Waals surface area contributed by atoms with Crippen molar-refractivity contribution in [3.05, 3.63) is 50.4 Å². The maximum Gasteiger partial charge on any atom is 0.0988 e. The molecule has 2 aromatic rings. The Morgan fingerprint density at radius 3 is 2.69 bits per heavy atom. The minimum atomic E-state index is -0.230. The molecule has 2 rings (SSSR count). The van der Waals surface area contributed by atoms with Crippen molar-refractivity contribution in [2.45, 2.75) is 6.04 Å². The van der Waals surface area contributed by atoms with Crippen LogP contribution in [0.2, 0.25) is 9.36 Å². The number of rotatable bonds is 3. The molecular formula is C10H9Cl2N3S. The van der Waals surface area contributed by atoms with Crippen LogP contribution in [0.15, 0.2) is 30.5 Å². The molecule has 0 aliphatic rings. The molecule has 0 saturated heterocycles. The van der Waals surface area contributed by atoms with Crippen LogP contribution in [0.5, 0.6) is 0 Å². The fourth-order valence-electron chi connectivity index (χ4n) is 1.39. The van der Waals surface area contributed by atoms with Crippen LogP contribution in [0.3, 0.4) is 0 Å². The second kappa shape index (κ2) is 5.12. The van der Waals surface area contributed by atoms with Gasteiger partial charge in [0.05, 0.1) is 21.1 Å². The van der Waals surface area contributed by atoms with Gasteiger partial charge in [0.25, 0.3) is 0 Å². The molecule has 2 heterocycles. The highest BCUT2D eigenvalue weighted by atomic mass is 35.5. The normalized spacial score (nSPS) is 12.7. The number of pyridine rings is 1. The SMILES string of the molecule is NNC(c1ccc(Cl)s1)c1ncccc1Cl. The van der Waals surface area contributed by atoms with Gasteiger partial charge in [0.1, 0.15) is 0 Å². The van der Waals surface area contributed by atoms with E-state index >= 15 is 0 Å². The lowest BCUT2D eigenvalue weighted by Crippen LogP contribution is -2.29. The van der Waals surface area contributed by atoms with Gasteiger partial charge in [-0.15, -0.1) is 11.3 Å². The molecule has 0 aliphatic carbocycles. The number of halogens is 2. The van der Waals surface area contributed by atoms with Crippen LogP contribution in [0.4, 0.5) is 0 Å². The smallest absolute Gasteiger partial charge is 0.0988 e. The average Bonchev–Trinajstić information content (AvgIpc) is 2.69. The summed E-state index contributed by atoms with van der Waals surface area (Å²) in [5, 5.41) is 0.579. The Balaban J connectivity index is 2.40. The Kier molecular flexibility index (Phi) is 3.78. The van der Waals surface area contributed by atoms with E-state index in [1.54, 1.807) is 18.3 Å². The molecule has 0 fully saturated rings. The molecule has 0 amide bonds. The first kappa shape index (κ1) is 11.8. The summed E-state index contributed by atoms with van der Waals surface area (Å²) in [7, 11) is 0. The number of nitrogens with zero attached hydrogens (tertiary/aromatic N) is 1. The zero-order valence-electron chi connectivity index (χ0n) is 8.15. The Morgan fingerprint density at radius 1 is 1.31 bits per heavy atom. The first-order valence-corrected chi connectivity index (χ1v) is 6.11. The molecule has 2 aromatic heterocycles. The molecule has 0 saturated carbocycles. The highest BCUT2D eigenvalue weighted by Crippen LogP contribution is 2.32. The van der Waals surface area contributed by atoms with Crippen molar-refractivity contribution in [3.8, 4) is 0 Å². The summed E-state index contributed by atoms with van der Waals surface area (Å²) in [6, 6.07) is 7.06. The average molecular weight is 274 g/mol. The lowest BCUT2D eigenvalue weighted by Gasteiger charge is -2.14. The summed E-state index contributed by atoms with van der Waals surface area (Å²) in [6.07, 6.45) is 1.68. The van der Waals surface area contributed by atoms with Crippen molar-refractivity contribution in [2.75, 3.05) is 0 Å². The van der Waals surface area contributed by atoms with Gasteiger partial charge in [-0.05, 0) is 24.3 Å². The third-order valence-electron chi connectivity index (χ3n) is 2.11. The summed E-state index contributed by atoms with van der Waals surface area (Å²) < 4.78 is 0.710. The molecular weight excluding hydrogens is 265 g/mol. The van der Waals surface area contributed by atoms with Crippen molar-refractivity contribution < 1.29 is 0 Å². The quantitative estimate of drug-likeness (QED) is 0.668. The van der Waals surface area contributed by atoms with Crippen LogP contribution in [-0.4, -0.2) is 4.98 Å². The van der Waals surface area contributed by atoms with Crippen molar-refractivity contribution in [2.24, 2.45) is 5.84 Å². The Hall–Kier alpha value is -0.650. The zero-order valence-corrected chi connectivity index (χ0v) is 10.5. The number of aromatic nitrogens is 1. The third-order valence-corrected chi connectivity index (χ3v) is 3.72. The molecule has 0 aliphatic heterocycles. The zero-order chi connectivity index (χ0) is 11.5. The van der Waals surface area contributed by atoms with E-state index in [0.717, 1.165) is 4.88 Å². The summed E-state index contributed by atoms with van der Waals surface area (Å²) >= 11 is 13.4. The van der Waals surface area contributed by atoms with E-state index in [9.17, 15) is 0 Å². The van der Waals surface area contributed by atoms with Gasteiger partial charge in [-0.25, -0.2) is 5.43 Å². The van der Waals surface area contributed by atoms with E-state index < -0.39 is 0 Å². The predicted molar refractivity (Wildman–Crippen MR) is 67.7 cm³/mol. The van der Waals surface area contributed by atoms with E-state index in [-0.39, 0.29) is 6.04 Å². The molecule has 0 aromatic carbocycles. The molecule has 6 heteroatoms. The minimum absolute atomic E-state index is 0.230. The van der Waals surface area contributed by atoms with Gasteiger partial charge in [-0.2, -0.15) is 0 Å². The standard InChI is InChI=1S/C10H9Cl2N3S/c11-6-2-1-5-14-9(6)10(15-13)7-3-4-8(12)16-7/h1-5,10,15H,13H2. The Bertz CT molecular complexity index is 486. The minimum Gasteiger partial charge on any atom is -0.270 e. The fourth-order valence-corrected chi connectivity index (χ4v) is 2.75. The first-order valence-electron chi connectivity index (χ1n) is 4.54. The van der Waals surface area contributed by atoms with E-state index in [2.05, 4.69) is 10.4 Å². The summed E-state index contributed by atoms with van der Waals surface area (Å²) in [6.45, 7) is 0. The van der Waals surface area contributed by atoms with Crippen molar-refractivity contribution in [3.63, 3.8) is 0 Å². The first-order chi connectivity index (χ1) is 7.72. The molecule has 84 valence electrons. The predicted octanol–water partition coefficient (Wildman–Crippen LogP) is 3.00. The van der Waals surface area contributed by atoms with Gasteiger partial charge < -0.3 is 0 Å². The van der Waals surface area contributed by atoms with Crippen molar-refractivity contribution in [1.29, 1.82) is 0 Å². The molecule has 1 unspecified atom stereocenters. The van der Waals surface area contributed by atoms with Gasteiger partial charge in [-0.1, -0.05) is 23.2 Å². The molecule has 3 N–H and O–H groups in total. The lowest BCUT2D eigenvalue weighted by molar-refractivity contribution is 0.630. The Labute approximate surface area is 107 Å². The van der Waals surface area contributed by atoms with Crippen LogP contribution < -0.4 is 11.3 Å². The van der Waals surface area contributed by atoms with E-state index in [1.807, 2.05) is 12.1 Å². The maximum atomic E-state index is 6.07. The second-order valence-corrected chi connectivity index (χ2v) is 5.27. The van der Waals surface area contributed by atoms with E-state index in [4.69, 9.17) is 29.0 Å². The van der Waals surface area contributed by atoms with E-state index in [1.165, 1.54) is 11.3 Å². The summed E-state index contributed by atoms with van der Waals surface area (Å²) in [4.78, 5) is 5.20. The number of nitrogens with two attached hydrogens (primary N) is 1. The number of hydrogen-bond donors (Lipinski definition) is 2. The molecule has 0 bridgehead atoms. The van der Waals surface area contributed by atoms with Crippen molar-refractivity contribution >= 4 is 34.5 Å². The summed E-state index contributed by atoms with van der Waals surface area (Å²) in [5.74, 6) is 5.53. The monoisotopic (exact) mass is 273 g/mol. The van der Waals surface area contributed by atoms with E-state index in [0.29, 0.717) is 15.1 Å². The number of nitrogens with one attached hydrogen (secondary N) is 1. The molecule has 16 heavy (non-hydrogen) atoms. The largest absolute Gasteiger partial charge is 0.270 e. The van der Waals surface area contributed by atoms with Crippen LogP contribution in [0.1, 0.15) is 16.6 Å². The van der Waals surface area contributed by atoms with Gasteiger partial charge in [-0.3, -0.25) is 10.8 Å². The Morgan fingerprint density at radius 2 is 2.12 bits per heavy atom. The molecule has 3 nitrogen and oxygen atoms in total. The van der Waals surface area contributed by atoms with Gasteiger partial charge in [0, 0.05) is 11.1 Å². The fraction of sp³-hybridized carbons (Fsp3) is 0.100. The third kappa shape index (κ3) is 2.36. The van der Waals surface area contributed by atoms with Crippen LogP contribution >= 0.6 is 34.5 Å². The van der Waals surface area contributed by atoms with Crippen LogP contribution in [-0.2, 0) is 0 Å². The van der Waals surface area contributed by atoms with Gasteiger partial charge in [0.15, 0.2) is 0 Å². The molecule has 0 radical (unpaired) electrons. The number of hydrazine groups is 1. The highest BCUT2D eigenvalue weighted by Gasteiger charge is 2.18.